The van der Waals surface area contributed by atoms with Gasteiger partial charge in [0.1, 0.15) is 12.5 Å². The highest BCUT2D eigenvalue weighted by Gasteiger charge is 2.39. The minimum Gasteiger partial charge on any atom is -0.460 e. The third-order valence-electron chi connectivity index (χ3n) is 6.03. The summed E-state index contributed by atoms with van der Waals surface area (Å²) in [6, 6.07) is 21.1. The predicted octanol–water partition coefficient (Wildman–Crippen LogP) is 5.27. The zero-order valence-electron chi connectivity index (χ0n) is 18.8. The Kier molecular flexibility index (Phi) is 6.68. The number of benzene rings is 3. The molecule has 5 rings (SSSR count). The van der Waals surface area contributed by atoms with Crippen LogP contribution in [0.25, 0.3) is 0 Å². The maximum atomic E-state index is 13.4. The molecule has 3 aromatic carbocycles. The number of urea groups is 1. The molecule has 178 valence electrons. The smallest absolute Gasteiger partial charge is 0.341 e. The van der Waals surface area contributed by atoms with Crippen molar-refractivity contribution in [3.63, 3.8) is 0 Å². The number of carbonyl (C=O) groups is 2. The second-order valence-corrected chi connectivity index (χ2v) is 8.78. The molecular formula is C27H23ClN2O5. The van der Waals surface area contributed by atoms with Crippen LogP contribution in [0.5, 0.6) is 11.5 Å². The Labute approximate surface area is 207 Å². The van der Waals surface area contributed by atoms with Gasteiger partial charge in [-0.25, -0.2) is 9.79 Å². The van der Waals surface area contributed by atoms with Gasteiger partial charge in [-0.3, -0.25) is 4.79 Å². The second kappa shape index (κ2) is 10.2. The van der Waals surface area contributed by atoms with Crippen molar-refractivity contribution in [3.05, 3.63) is 94.5 Å². The number of carbonyl (C=O) groups excluding carboxylic acids is 2. The summed E-state index contributed by atoms with van der Waals surface area (Å²) in [5.74, 6) is 0.168. The van der Waals surface area contributed by atoms with Crippen LogP contribution < -0.4 is 14.8 Å². The van der Waals surface area contributed by atoms with Gasteiger partial charge in [0.05, 0.1) is 6.04 Å². The summed E-state index contributed by atoms with van der Waals surface area (Å²) in [6.07, 6.45) is 0.973. The largest absolute Gasteiger partial charge is 0.460 e. The molecule has 0 saturated heterocycles. The van der Waals surface area contributed by atoms with Crippen LogP contribution in [0.1, 0.15) is 29.2 Å². The number of nitrogens with one attached hydrogen (secondary N) is 1. The summed E-state index contributed by atoms with van der Waals surface area (Å²) < 4.78 is 16.5. The van der Waals surface area contributed by atoms with Gasteiger partial charge < -0.3 is 19.5 Å². The van der Waals surface area contributed by atoms with E-state index >= 15 is 0 Å². The molecule has 0 radical (unpaired) electrons. The maximum absolute atomic E-state index is 13.4. The van der Waals surface area contributed by atoms with Crippen molar-refractivity contribution in [2.45, 2.75) is 25.5 Å². The number of hydrogen-bond donors (Lipinski definition) is 1. The summed E-state index contributed by atoms with van der Waals surface area (Å²) >= 11 is 6.06. The van der Waals surface area contributed by atoms with E-state index in [2.05, 4.69) is 10.3 Å². The Morgan fingerprint density at radius 1 is 0.971 bits per heavy atom. The highest BCUT2D eigenvalue weighted by Crippen LogP contribution is 2.34. The first kappa shape index (κ1) is 22.9. The third kappa shape index (κ3) is 5.30. The number of rotatable bonds is 7. The molecule has 2 unspecified atom stereocenters. The summed E-state index contributed by atoms with van der Waals surface area (Å²) in [5.41, 5.74) is 3.09. The lowest BCUT2D eigenvalue weighted by atomic mass is 9.85. The van der Waals surface area contributed by atoms with Gasteiger partial charge in [-0.2, -0.15) is 0 Å². The maximum Gasteiger partial charge on any atom is 0.341 e. The molecule has 8 heteroatoms. The number of fused-ring (bicyclic) bond motifs is 1. The SMILES string of the molecule is O=C1N=C(CCc2ccc3c(c2)OCO3)C(C(=O)OCc2ccccc2)C(c2ccc(Cl)cc2)N1. The number of aryl methyl sites for hydroxylation is 1. The van der Waals surface area contributed by atoms with Crippen LogP contribution in [0.2, 0.25) is 5.02 Å². The highest BCUT2D eigenvalue weighted by molar-refractivity contribution is 6.30. The van der Waals surface area contributed by atoms with Gasteiger partial charge in [0.15, 0.2) is 11.5 Å². The minimum atomic E-state index is -0.772. The molecule has 2 aliphatic rings. The van der Waals surface area contributed by atoms with E-state index in [1.165, 1.54) is 0 Å². The van der Waals surface area contributed by atoms with Crippen molar-refractivity contribution < 1.29 is 23.8 Å². The van der Waals surface area contributed by atoms with Crippen LogP contribution in [-0.4, -0.2) is 24.5 Å². The first-order valence-electron chi connectivity index (χ1n) is 11.3. The van der Waals surface area contributed by atoms with E-state index < -0.39 is 24.0 Å². The molecule has 7 nitrogen and oxygen atoms in total. The van der Waals surface area contributed by atoms with Crippen molar-refractivity contribution in [2.24, 2.45) is 10.9 Å². The van der Waals surface area contributed by atoms with E-state index in [9.17, 15) is 9.59 Å². The number of aliphatic imine (C=N–C) groups is 1. The molecule has 0 bridgehead atoms. The van der Waals surface area contributed by atoms with Crippen molar-refractivity contribution >= 4 is 29.3 Å². The average Bonchev–Trinajstić information content (AvgIpc) is 3.35. The average molecular weight is 491 g/mol. The van der Waals surface area contributed by atoms with E-state index in [4.69, 9.17) is 25.8 Å². The quantitative estimate of drug-likeness (QED) is 0.456. The Morgan fingerprint density at radius 3 is 2.54 bits per heavy atom. The van der Waals surface area contributed by atoms with Crippen molar-refractivity contribution in [2.75, 3.05) is 6.79 Å². The van der Waals surface area contributed by atoms with Gasteiger partial charge in [0.25, 0.3) is 0 Å². The van der Waals surface area contributed by atoms with E-state index in [-0.39, 0.29) is 13.4 Å². The number of amides is 2. The van der Waals surface area contributed by atoms with Crippen LogP contribution in [-0.2, 0) is 22.6 Å². The zero-order valence-corrected chi connectivity index (χ0v) is 19.5. The minimum absolute atomic E-state index is 0.132. The van der Waals surface area contributed by atoms with E-state index in [1.807, 2.05) is 48.5 Å². The predicted molar refractivity (Wildman–Crippen MR) is 131 cm³/mol. The number of ether oxygens (including phenoxy) is 3. The van der Waals surface area contributed by atoms with Crippen LogP contribution in [0.3, 0.4) is 0 Å². The lowest BCUT2D eigenvalue weighted by Gasteiger charge is -2.31. The Morgan fingerprint density at radius 2 is 1.74 bits per heavy atom. The Bertz CT molecular complexity index is 1260. The molecule has 0 spiro atoms. The Hall–Kier alpha value is -3.84. The van der Waals surface area contributed by atoms with Gasteiger partial charge in [-0.05, 0) is 53.8 Å². The lowest BCUT2D eigenvalue weighted by Crippen LogP contribution is -2.45. The summed E-state index contributed by atoms with van der Waals surface area (Å²) in [6.45, 7) is 0.330. The molecule has 2 heterocycles. The number of halogens is 1. The molecule has 2 atom stereocenters. The second-order valence-electron chi connectivity index (χ2n) is 8.34. The summed E-state index contributed by atoms with van der Waals surface area (Å²) in [4.78, 5) is 30.1. The zero-order chi connectivity index (χ0) is 24.2. The fourth-order valence-electron chi connectivity index (χ4n) is 4.26. The fraction of sp³-hybridized carbons (Fsp3) is 0.222. The monoisotopic (exact) mass is 490 g/mol. The summed E-state index contributed by atoms with van der Waals surface area (Å²) in [5, 5.41) is 3.40. The van der Waals surface area contributed by atoms with Gasteiger partial charge in [-0.1, -0.05) is 60.1 Å². The molecule has 35 heavy (non-hydrogen) atoms. The molecule has 2 aliphatic heterocycles. The lowest BCUT2D eigenvalue weighted by molar-refractivity contribution is -0.148. The standard InChI is InChI=1S/C27H23ClN2O5/c28-20-10-8-19(9-11-20)25-24(26(31)33-15-18-4-2-1-3-5-18)21(29-27(32)30-25)12-6-17-7-13-22-23(14-17)35-16-34-22/h1-5,7-11,13-14,24-25H,6,12,15-16H2,(H,30,32). The summed E-state index contributed by atoms with van der Waals surface area (Å²) in [7, 11) is 0. The molecule has 0 saturated carbocycles. The molecule has 0 aliphatic carbocycles. The van der Waals surface area contributed by atoms with Crippen LogP contribution in [0.15, 0.2) is 77.8 Å². The van der Waals surface area contributed by atoms with E-state index in [0.717, 1.165) is 16.7 Å². The first-order chi connectivity index (χ1) is 17.1. The Balaban J connectivity index is 1.39. The molecule has 0 fully saturated rings. The normalized spacial score (nSPS) is 18.5. The van der Waals surface area contributed by atoms with Gasteiger partial charge in [0, 0.05) is 10.7 Å². The van der Waals surface area contributed by atoms with Gasteiger partial charge in [-0.15, -0.1) is 0 Å². The highest BCUT2D eigenvalue weighted by atomic mass is 35.5. The topological polar surface area (TPSA) is 86.2 Å². The van der Waals surface area contributed by atoms with Gasteiger partial charge in [0.2, 0.25) is 6.79 Å². The van der Waals surface area contributed by atoms with Crippen LogP contribution >= 0.6 is 11.6 Å². The molecule has 1 N–H and O–H groups in total. The van der Waals surface area contributed by atoms with Gasteiger partial charge >= 0.3 is 12.0 Å². The van der Waals surface area contributed by atoms with E-state index in [1.54, 1.807) is 24.3 Å². The van der Waals surface area contributed by atoms with Crippen molar-refractivity contribution in [3.8, 4) is 11.5 Å². The number of hydrogen-bond acceptors (Lipinski definition) is 5. The first-order valence-corrected chi connectivity index (χ1v) is 11.7. The number of esters is 1. The molecule has 2 amide bonds. The molecule has 3 aromatic rings. The van der Waals surface area contributed by atoms with Crippen LogP contribution in [0, 0.1) is 5.92 Å². The molecular weight excluding hydrogens is 468 g/mol. The van der Waals surface area contributed by atoms with E-state index in [0.29, 0.717) is 35.1 Å². The molecule has 0 aromatic heterocycles. The van der Waals surface area contributed by atoms with Crippen molar-refractivity contribution in [1.82, 2.24) is 5.32 Å². The number of nitrogens with zero attached hydrogens (tertiary/aromatic N) is 1. The van der Waals surface area contributed by atoms with Crippen LogP contribution in [0.4, 0.5) is 4.79 Å². The fourth-order valence-corrected chi connectivity index (χ4v) is 4.38. The third-order valence-corrected chi connectivity index (χ3v) is 6.28. The van der Waals surface area contributed by atoms with Crippen molar-refractivity contribution in [1.29, 1.82) is 0 Å².